The van der Waals surface area contributed by atoms with Gasteiger partial charge in [0.2, 0.25) is 11.8 Å². The molecule has 1 aromatic heterocycles. The minimum absolute atomic E-state index is 0.0787. The smallest absolute Gasteiger partial charge is 0.455 e. The van der Waals surface area contributed by atoms with Gasteiger partial charge in [0.1, 0.15) is 5.75 Å². The quantitative estimate of drug-likeness (QED) is 0.0868. The molecular formula is C45H50BClN2O6Si. The number of carbonyl (C=O) groups excluding carboxylic acids is 2. The minimum atomic E-state index is -2.98. The molecule has 4 atom stereocenters. The number of fused-ring (bicyclic) bond motifs is 3. The molecule has 3 aromatic carbocycles. The van der Waals surface area contributed by atoms with Crippen molar-refractivity contribution in [3.8, 4) is 5.75 Å². The average Bonchev–Trinajstić information content (AvgIpc) is 3.42. The van der Waals surface area contributed by atoms with Crippen LogP contribution in [0.15, 0.2) is 114 Å². The Balaban J connectivity index is 1.32. The molecule has 0 bridgehead atoms. The molecule has 2 amide bonds. The molecule has 2 fully saturated rings. The summed E-state index contributed by atoms with van der Waals surface area (Å²) in [7, 11) is -4.09. The van der Waals surface area contributed by atoms with E-state index in [9.17, 15) is 19.7 Å². The van der Waals surface area contributed by atoms with E-state index in [0.29, 0.717) is 37.3 Å². The van der Waals surface area contributed by atoms with Crippen LogP contribution in [0.1, 0.15) is 64.6 Å². The van der Waals surface area contributed by atoms with Gasteiger partial charge in [0, 0.05) is 12.7 Å². The third kappa shape index (κ3) is 7.70. The zero-order valence-electron chi connectivity index (χ0n) is 32.5. The van der Waals surface area contributed by atoms with Crippen molar-refractivity contribution in [1.29, 1.82) is 0 Å². The van der Waals surface area contributed by atoms with Crippen molar-refractivity contribution in [3.63, 3.8) is 0 Å². The number of aromatic hydroxyl groups is 1. The number of rotatable bonds is 12. The Bertz CT molecular complexity index is 2070. The summed E-state index contributed by atoms with van der Waals surface area (Å²) in [4.78, 5) is 34.3. The van der Waals surface area contributed by atoms with E-state index < -0.39 is 33.4 Å². The molecule has 56 heavy (non-hydrogen) atoms. The van der Waals surface area contributed by atoms with Crippen LogP contribution in [0.3, 0.4) is 0 Å². The van der Waals surface area contributed by atoms with Gasteiger partial charge in [0.15, 0.2) is 0 Å². The molecule has 11 heteroatoms. The second kappa shape index (κ2) is 16.6. The summed E-state index contributed by atoms with van der Waals surface area (Å²) in [5.41, 5.74) is 4.35. The predicted molar refractivity (Wildman–Crippen MR) is 225 cm³/mol. The number of halogens is 1. The number of carbonyl (C=O) groups is 2. The van der Waals surface area contributed by atoms with Crippen molar-refractivity contribution in [2.45, 2.75) is 70.8 Å². The second-order valence-electron chi connectivity index (χ2n) is 16.2. The number of phenolic OH excluding ortho intramolecular Hbond substituents is 1. The molecule has 3 aliphatic rings. The van der Waals surface area contributed by atoms with Gasteiger partial charge in [-0.2, -0.15) is 0 Å². The third-order valence-corrected chi connectivity index (χ3v) is 17.0. The van der Waals surface area contributed by atoms with E-state index >= 15 is 0 Å². The molecule has 3 heterocycles. The number of amides is 2. The molecule has 2 N–H and O–H groups in total. The van der Waals surface area contributed by atoms with Crippen molar-refractivity contribution < 1.29 is 28.8 Å². The summed E-state index contributed by atoms with van der Waals surface area (Å²) >= 11 is 6.58. The predicted octanol–water partition coefficient (Wildman–Crippen LogP) is 7.55. The maximum absolute atomic E-state index is 14.1. The lowest BCUT2D eigenvalue weighted by molar-refractivity contribution is -0.140. The normalized spacial score (nSPS) is 21.7. The van der Waals surface area contributed by atoms with Gasteiger partial charge in [-0.15, -0.1) is 0 Å². The van der Waals surface area contributed by atoms with Crippen molar-refractivity contribution in [2.24, 2.45) is 17.8 Å². The summed E-state index contributed by atoms with van der Waals surface area (Å²) < 4.78 is 14.0. The van der Waals surface area contributed by atoms with Gasteiger partial charge in [-0.05, 0) is 112 Å². The molecule has 0 saturated carbocycles. The summed E-state index contributed by atoms with van der Waals surface area (Å²) in [5, 5.41) is 23.8. The zero-order chi connectivity index (χ0) is 39.6. The van der Waals surface area contributed by atoms with Gasteiger partial charge in [-0.3, -0.25) is 19.5 Å². The lowest BCUT2D eigenvalue weighted by Gasteiger charge is -2.46. The van der Waals surface area contributed by atoms with Crippen molar-refractivity contribution in [1.82, 2.24) is 9.88 Å². The molecule has 290 valence electrons. The average molecular weight is 789 g/mol. The Morgan fingerprint density at radius 1 is 0.982 bits per heavy atom. The first-order valence-corrected chi connectivity index (χ1v) is 22.0. The SMILES string of the molecule is CCCN1C(=O)[C@@H]2[C@@H](CC(CO[Si](c3ccccc3)(c3ccccc3)C(C)(C)C)=C3[C@@H](CC/C(=C/c4ccc(O)cc4Cl)c4ccccn4)OB(O)C[C@@H]32)C1=O. The van der Waals surface area contributed by atoms with Crippen LogP contribution in [-0.4, -0.2) is 66.5 Å². The van der Waals surface area contributed by atoms with Crippen molar-refractivity contribution in [2.75, 3.05) is 13.2 Å². The fourth-order valence-corrected chi connectivity index (χ4v) is 14.1. The van der Waals surface area contributed by atoms with Crippen LogP contribution >= 0.6 is 11.6 Å². The van der Waals surface area contributed by atoms with Crippen LogP contribution in [0.4, 0.5) is 0 Å². The summed E-state index contributed by atoms with van der Waals surface area (Å²) in [6, 6.07) is 31.6. The highest BCUT2D eigenvalue weighted by atomic mass is 35.5. The number of phenols is 1. The van der Waals surface area contributed by atoms with Gasteiger partial charge < -0.3 is 19.2 Å². The fourth-order valence-electron chi connectivity index (χ4n) is 9.30. The first-order chi connectivity index (χ1) is 26.9. The number of hydrogen-bond donors (Lipinski definition) is 2. The fraction of sp³-hybridized carbons (Fsp3) is 0.356. The number of likely N-dealkylation sites (tertiary alicyclic amines) is 1. The van der Waals surface area contributed by atoms with E-state index in [1.54, 1.807) is 18.3 Å². The standard InChI is InChI=1S/C45H50BClN2O6Si/c1-5-24-49-43(51)36-26-32(29-54-56(45(2,3)4,34-14-8-6-9-15-34)35-16-10-7-11-17-35)41-37(42(36)44(49)52)28-46(53)55-40(41)22-20-31(39-18-12-13-23-48-39)25-30-19-21-33(50)27-38(30)47/h6-19,21,23,25,27,36-37,40,42,50,53H,5,20,22,24,26,28-29H2,1-4H3/b31-25-/t36-,37+,40-,42-/m1/s1. The zero-order valence-corrected chi connectivity index (χ0v) is 34.3. The van der Waals surface area contributed by atoms with E-state index in [1.807, 2.05) is 43.3 Å². The Morgan fingerprint density at radius 2 is 1.66 bits per heavy atom. The number of aromatic nitrogens is 1. The number of hydrogen-bond acceptors (Lipinski definition) is 7. The topological polar surface area (TPSA) is 109 Å². The van der Waals surface area contributed by atoms with Crippen molar-refractivity contribution >= 4 is 60.9 Å². The summed E-state index contributed by atoms with van der Waals surface area (Å²) in [6.07, 6.45) is 5.44. The molecule has 8 nitrogen and oxygen atoms in total. The molecule has 2 saturated heterocycles. The third-order valence-electron chi connectivity index (χ3n) is 11.7. The van der Waals surface area contributed by atoms with Crippen LogP contribution in [0.5, 0.6) is 5.75 Å². The second-order valence-corrected chi connectivity index (χ2v) is 20.9. The Morgan fingerprint density at radius 3 is 2.27 bits per heavy atom. The lowest BCUT2D eigenvalue weighted by atomic mass is 9.58. The number of pyridine rings is 1. The first kappa shape index (κ1) is 39.9. The largest absolute Gasteiger partial charge is 0.508 e. The van der Waals surface area contributed by atoms with E-state index in [2.05, 4.69) is 74.3 Å². The van der Waals surface area contributed by atoms with E-state index in [4.69, 9.17) is 20.7 Å². The van der Waals surface area contributed by atoms with Crippen LogP contribution < -0.4 is 10.4 Å². The van der Waals surface area contributed by atoms with Gasteiger partial charge in [-0.1, -0.05) is 106 Å². The number of allylic oxidation sites excluding steroid dienone is 1. The number of benzene rings is 3. The van der Waals surface area contributed by atoms with Crippen LogP contribution in [0, 0.1) is 17.8 Å². The Kier molecular flexibility index (Phi) is 11.9. The molecule has 0 unspecified atom stereocenters. The van der Waals surface area contributed by atoms with Crippen LogP contribution in [0.2, 0.25) is 16.4 Å². The Labute approximate surface area is 336 Å². The molecule has 4 aromatic rings. The monoisotopic (exact) mass is 788 g/mol. The molecule has 0 spiro atoms. The molecule has 1 aliphatic carbocycles. The molecule has 0 radical (unpaired) electrons. The summed E-state index contributed by atoms with van der Waals surface area (Å²) in [5.74, 6) is -1.68. The molecule has 2 aliphatic heterocycles. The highest BCUT2D eigenvalue weighted by Gasteiger charge is 2.58. The first-order valence-electron chi connectivity index (χ1n) is 19.7. The Hall–Kier alpha value is -4.32. The minimum Gasteiger partial charge on any atom is -0.508 e. The number of nitrogens with zero attached hydrogens (tertiary/aromatic N) is 2. The maximum atomic E-state index is 14.1. The highest BCUT2D eigenvalue weighted by molar-refractivity contribution is 6.99. The van der Waals surface area contributed by atoms with Gasteiger partial charge >= 0.3 is 7.12 Å². The van der Waals surface area contributed by atoms with E-state index in [-0.39, 0.29) is 41.4 Å². The van der Waals surface area contributed by atoms with Gasteiger partial charge in [-0.25, -0.2) is 0 Å². The lowest BCUT2D eigenvalue weighted by Crippen LogP contribution is -2.66. The van der Waals surface area contributed by atoms with Crippen LogP contribution in [-0.2, 0) is 18.7 Å². The van der Waals surface area contributed by atoms with E-state index in [0.717, 1.165) is 38.4 Å². The molecular weight excluding hydrogens is 739 g/mol. The number of imide groups is 1. The van der Waals surface area contributed by atoms with Gasteiger partial charge in [0.25, 0.3) is 8.32 Å². The van der Waals surface area contributed by atoms with Crippen LogP contribution in [0.25, 0.3) is 11.6 Å². The van der Waals surface area contributed by atoms with Gasteiger partial charge in [0.05, 0.1) is 35.3 Å². The highest BCUT2D eigenvalue weighted by Crippen LogP contribution is 2.51. The van der Waals surface area contributed by atoms with E-state index in [1.165, 1.54) is 11.0 Å². The maximum Gasteiger partial charge on any atom is 0.455 e. The molecule has 7 rings (SSSR count). The summed E-state index contributed by atoms with van der Waals surface area (Å²) in [6.45, 7) is 9.34. The van der Waals surface area contributed by atoms with Crippen molar-refractivity contribution in [3.05, 3.63) is 131 Å².